The molecular formula is C15H21N3. The molecule has 0 saturated carbocycles. The number of nitrogens with zero attached hydrogens (tertiary/aromatic N) is 1. The van der Waals surface area contributed by atoms with Gasteiger partial charge in [0.2, 0.25) is 0 Å². The minimum absolute atomic E-state index is 0.384. The Balaban J connectivity index is 2.46. The van der Waals surface area contributed by atoms with Crippen LogP contribution in [0.15, 0.2) is 30.3 Å². The molecule has 0 spiro atoms. The van der Waals surface area contributed by atoms with Crippen molar-refractivity contribution in [2.75, 3.05) is 5.32 Å². The summed E-state index contributed by atoms with van der Waals surface area (Å²) in [4.78, 5) is 0. The number of anilines is 1. The largest absolute Gasteiger partial charge is 0.366 e. The van der Waals surface area contributed by atoms with E-state index in [0.29, 0.717) is 12.0 Å². The molecule has 3 nitrogen and oxygen atoms in total. The highest BCUT2D eigenvalue weighted by molar-refractivity contribution is 5.69. The number of nitrogens with one attached hydrogen (secondary N) is 2. The zero-order valence-corrected chi connectivity index (χ0v) is 11.5. The van der Waals surface area contributed by atoms with E-state index in [4.69, 9.17) is 0 Å². The van der Waals surface area contributed by atoms with Crippen LogP contribution in [0.1, 0.15) is 39.2 Å². The highest BCUT2D eigenvalue weighted by Gasteiger charge is 2.17. The molecule has 0 aliphatic carbocycles. The molecule has 0 unspecified atom stereocenters. The van der Waals surface area contributed by atoms with Crippen LogP contribution in [0.3, 0.4) is 0 Å². The molecule has 1 heterocycles. The lowest BCUT2D eigenvalue weighted by molar-refractivity contribution is 0.846. The van der Waals surface area contributed by atoms with Gasteiger partial charge in [-0.25, -0.2) is 0 Å². The Kier molecular flexibility index (Phi) is 3.70. The second-order valence-corrected chi connectivity index (χ2v) is 5.18. The van der Waals surface area contributed by atoms with Crippen molar-refractivity contribution < 1.29 is 0 Å². The van der Waals surface area contributed by atoms with Gasteiger partial charge in [-0.15, -0.1) is 0 Å². The molecule has 96 valence electrons. The van der Waals surface area contributed by atoms with Crippen LogP contribution >= 0.6 is 0 Å². The summed E-state index contributed by atoms with van der Waals surface area (Å²) in [5, 5.41) is 11.0. The standard InChI is InChI=1S/C15H21N3/c1-10(2)13-14(12-8-6-5-7-9-12)17-18-15(13)16-11(3)4/h5-11H,1-4H3,(H2,16,17,18). The lowest BCUT2D eigenvalue weighted by Gasteiger charge is -2.12. The normalized spacial score (nSPS) is 11.2. The molecule has 0 aliphatic heterocycles. The molecule has 2 aromatic rings. The van der Waals surface area contributed by atoms with Crippen molar-refractivity contribution in [1.82, 2.24) is 10.2 Å². The summed E-state index contributed by atoms with van der Waals surface area (Å²) in [5.74, 6) is 1.40. The van der Waals surface area contributed by atoms with E-state index in [1.807, 2.05) is 6.07 Å². The number of rotatable bonds is 4. The van der Waals surface area contributed by atoms with Gasteiger partial charge in [-0.3, -0.25) is 5.10 Å². The molecule has 0 aliphatic rings. The van der Waals surface area contributed by atoms with Crippen LogP contribution in [0.4, 0.5) is 5.82 Å². The number of aromatic nitrogens is 2. The van der Waals surface area contributed by atoms with E-state index in [1.165, 1.54) is 11.1 Å². The number of benzene rings is 1. The third kappa shape index (κ3) is 2.55. The SMILES string of the molecule is CC(C)Nc1n[nH]c(-c2ccccc2)c1C(C)C. The van der Waals surface area contributed by atoms with Crippen LogP contribution in [0.25, 0.3) is 11.3 Å². The summed E-state index contributed by atoms with van der Waals surface area (Å²) in [6.07, 6.45) is 0. The summed E-state index contributed by atoms with van der Waals surface area (Å²) in [5.41, 5.74) is 3.56. The fourth-order valence-corrected chi connectivity index (χ4v) is 2.12. The average molecular weight is 243 g/mol. The van der Waals surface area contributed by atoms with Gasteiger partial charge >= 0.3 is 0 Å². The van der Waals surface area contributed by atoms with E-state index in [1.54, 1.807) is 0 Å². The molecule has 0 bridgehead atoms. The number of H-pyrrole nitrogens is 1. The number of hydrogen-bond donors (Lipinski definition) is 2. The maximum absolute atomic E-state index is 4.42. The van der Waals surface area contributed by atoms with Crippen LogP contribution in [-0.4, -0.2) is 16.2 Å². The van der Waals surface area contributed by atoms with Crippen LogP contribution in [0.2, 0.25) is 0 Å². The molecule has 0 radical (unpaired) electrons. The van der Waals surface area contributed by atoms with E-state index in [0.717, 1.165) is 11.5 Å². The highest BCUT2D eigenvalue weighted by atomic mass is 15.2. The predicted octanol–water partition coefficient (Wildman–Crippen LogP) is 4.02. The molecule has 0 amide bonds. The lowest BCUT2D eigenvalue weighted by Crippen LogP contribution is -2.11. The number of hydrogen-bond acceptors (Lipinski definition) is 2. The van der Waals surface area contributed by atoms with Gasteiger partial charge in [0.05, 0.1) is 5.69 Å². The van der Waals surface area contributed by atoms with Crippen molar-refractivity contribution in [1.29, 1.82) is 0 Å². The predicted molar refractivity (Wildman–Crippen MR) is 76.9 cm³/mol. The second-order valence-electron chi connectivity index (χ2n) is 5.18. The van der Waals surface area contributed by atoms with Crippen molar-refractivity contribution >= 4 is 5.82 Å². The van der Waals surface area contributed by atoms with Gasteiger partial charge in [0.1, 0.15) is 0 Å². The first-order valence-electron chi connectivity index (χ1n) is 6.49. The van der Waals surface area contributed by atoms with Crippen LogP contribution < -0.4 is 5.32 Å². The first-order valence-corrected chi connectivity index (χ1v) is 6.49. The van der Waals surface area contributed by atoms with Crippen LogP contribution in [0.5, 0.6) is 0 Å². The molecule has 1 aromatic heterocycles. The van der Waals surface area contributed by atoms with E-state index in [2.05, 4.69) is 67.5 Å². The van der Waals surface area contributed by atoms with E-state index in [-0.39, 0.29) is 0 Å². The Morgan fingerprint density at radius 3 is 2.28 bits per heavy atom. The molecule has 2 N–H and O–H groups in total. The van der Waals surface area contributed by atoms with E-state index in [9.17, 15) is 0 Å². The zero-order valence-electron chi connectivity index (χ0n) is 11.5. The Morgan fingerprint density at radius 1 is 1.06 bits per heavy atom. The Morgan fingerprint density at radius 2 is 1.72 bits per heavy atom. The number of aromatic amines is 1. The third-order valence-electron chi connectivity index (χ3n) is 2.87. The molecule has 1 aromatic carbocycles. The smallest absolute Gasteiger partial charge is 0.152 e. The summed E-state index contributed by atoms with van der Waals surface area (Å²) in [6.45, 7) is 8.65. The minimum Gasteiger partial charge on any atom is -0.366 e. The average Bonchev–Trinajstić information content (AvgIpc) is 2.73. The van der Waals surface area contributed by atoms with Crippen LogP contribution in [0, 0.1) is 0 Å². The molecular weight excluding hydrogens is 222 g/mol. The minimum atomic E-state index is 0.384. The molecule has 0 fully saturated rings. The maximum atomic E-state index is 4.42. The quantitative estimate of drug-likeness (QED) is 0.851. The van der Waals surface area contributed by atoms with Crippen LogP contribution in [-0.2, 0) is 0 Å². The highest BCUT2D eigenvalue weighted by Crippen LogP contribution is 2.32. The van der Waals surface area contributed by atoms with Gasteiger partial charge in [0.15, 0.2) is 5.82 Å². The topological polar surface area (TPSA) is 40.7 Å². The van der Waals surface area contributed by atoms with Gasteiger partial charge in [-0.05, 0) is 25.3 Å². The summed E-state index contributed by atoms with van der Waals surface area (Å²) in [6, 6.07) is 10.7. The van der Waals surface area contributed by atoms with Gasteiger partial charge in [0.25, 0.3) is 0 Å². The Bertz CT molecular complexity index is 498. The Hall–Kier alpha value is -1.77. The molecule has 3 heteroatoms. The van der Waals surface area contributed by atoms with Gasteiger partial charge in [0, 0.05) is 11.6 Å². The fourth-order valence-electron chi connectivity index (χ4n) is 2.12. The summed E-state index contributed by atoms with van der Waals surface area (Å²) in [7, 11) is 0. The lowest BCUT2D eigenvalue weighted by atomic mass is 9.98. The van der Waals surface area contributed by atoms with Crippen molar-refractivity contribution in [3.63, 3.8) is 0 Å². The molecule has 2 rings (SSSR count). The van der Waals surface area contributed by atoms with Crippen molar-refractivity contribution in [3.8, 4) is 11.3 Å². The first kappa shape index (κ1) is 12.7. The van der Waals surface area contributed by atoms with Gasteiger partial charge < -0.3 is 5.32 Å². The van der Waals surface area contributed by atoms with Crippen molar-refractivity contribution in [2.24, 2.45) is 0 Å². The van der Waals surface area contributed by atoms with E-state index >= 15 is 0 Å². The third-order valence-corrected chi connectivity index (χ3v) is 2.87. The summed E-state index contributed by atoms with van der Waals surface area (Å²) < 4.78 is 0. The first-order chi connectivity index (χ1) is 8.59. The monoisotopic (exact) mass is 243 g/mol. The zero-order chi connectivity index (χ0) is 13.1. The fraction of sp³-hybridized carbons (Fsp3) is 0.400. The Labute approximate surface area is 109 Å². The summed E-state index contributed by atoms with van der Waals surface area (Å²) >= 11 is 0. The van der Waals surface area contributed by atoms with Gasteiger partial charge in [-0.2, -0.15) is 5.10 Å². The van der Waals surface area contributed by atoms with Crippen molar-refractivity contribution in [3.05, 3.63) is 35.9 Å². The molecule has 0 saturated heterocycles. The maximum Gasteiger partial charge on any atom is 0.152 e. The van der Waals surface area contributed by atoms with Gasteiger partial charge in [-0.1, -0.05) is 44.2 Å². The van der Waals surface area contributed by atoms with Crippen molar-refractivity contribution in [2.45, 2.75) is 39.7 Å². The second kappa shape index (κ2) is 5.25. The molecule has 18 heavy (non-hydrogen) atoms. The molecule has 0 atom stereocenters. The van der Waals surface area contributed by atoms with E-state index < -0.39 is 0 Å².